The molecule has 0 spiro atoms. The quantitative estimate of drug-likeness (QED) is 0.169. The first-order chi connectivity index (χ1) is 26.1. The molecule has 0 radical (unpaired) electrons. The Kier molecular flexibility index (Phi) is 6.33. The Labute approximate surface area is 308 Å². The topological polar surface area (TPSA) is 16.4 Å². The van der Waals surface area contributed by atoms with E-state index in [1.807, 2.05) is 0 Å². The zero-order valence-electron chi connectivity index (χ0n) is 29.6. The van der Waals surface area contributed by atoms with Crippen molar-refractivity contribution in [1.29, 1.82) is 0 Å². The first kappa shape index (κ1) is 30.0. The maximum atomic E-state index is 6.73. The maximum Gasteiger partial charge on any atom is 0.143 e. The van der Waals surface area contributed by atoms with Crippen molar-refractivity contribution in [3.8, 4) is 33.4 Å². The van der Waals surface area contributed by atoms with Gasteiger partial charge in [0.1, 0.15) is 11.2 Å². The van der Waals surface area contributed by atoms with Crippen LogP contribution in [0.1, 0.15) is 25.0 Å². The molecule has 250 valence electrons. The van der Waals surface area contributed by atoms with Crippen molar-refractivity contribution >= 4 is 60.5 Å². The van der Waals surface area contributed by atoms with E-state index in [1.54, 1.807) is 0 Å². The van der Waals surface area contributed by atoms with E-state index < -0.39 is 0 Å². The molecule has 1 aliphatic carbocycles. The zero-order chi connectivity index (χ0) is 35.3. The van der Waals surface area contributed by atoms with E-state index >= 15 is 0 Å². The van der Waals surface area contributed by atoms with Gasteiger partial charge in [0.2, 0.25) is 0 Å². The molecule has 53 heavy (non-hydrogen) atoms. The van der Waals surface area contributed by atoms with E-state index in [1.165, 1.54) is 71.4 Å². The number of nitrogens with zero attached hydrogens (tertiary/aromatic N) is 1. The molecule has 0 atom stereocenters. The average Bonchev–Trinajstić information content (AvgIpc) is 3.72. The maximum absolute atomic E-state index is 6.73. The van der Waals surface area contributed by atoms with Crippen molar-refractivity contribution in [2.24, 2.45) is 0 Å². The van der Waals surface area contributed by atoms with Crippen LogP contribution in [0.3, 0.4) is 0 Å². The second-order valence-corrected chi connectivity index (χ2v) is 14.9. The Balaban J connectivity index is 1.09. The summed E-state index contributed by atoms with van der Waals surface area (Å²) in [5.41, 5.74) is 15.2. The fourth-order valence-electron chi connectivity index (χ4n) is 9.12. The number of rotatable bonds is 5. The van der Waals surface area contributed by atoms with Crippen LogP contribution >= 0.6 is 0 Å². The Morgan fingerprint density at radius 2 is 1.00 bits per heavy atom. The Morgan fingerprint density at radius 3 is 1.75 bits per heavy atom. The van der Waals surface area contributed by atoms with Crippen LogP contribution in [0.2, 0.25) is 0 Å². The largest absolute Gasteiger partial charge is 0.455 e. The second-order valence-electron chi connectivity index (χ2n) is 14.9. The summed E-state index contributed by atoms with van der Waals surface area (Å²) in [5.74, 6) is 0. The predicted molar refractivity (Wildman–Crippen MR) is 223 cm³/mol. The van der Waals surface area contributed by atoms with Gasteiger partial charge in [-0.15, -0.1) is 0 Å². The van der Waals surface area contributed by atoms with Gasteiger partial charge in [-0.1, -0.05) is 147 Å². The highest BCUT2D eigenvalue weighted by Gasteiger charge is 2.37. The SMILES string of the molecule is CC1(C)c2ccccc2-c2c(N(c3ccc(-c4ccccc4)cc3)c3ccc(-c4ccc5c6ccccc6c6cccc7oc4c5c76)cc3)cccc21. The normalized spacial score (nSPS) is 13.2. The monoisotopic (exact) mass is 677 g/mol. The lowest BCUT2D eigenvalue weighted by Gasteiger charge is -2.29. The highest BCUT2D eigenvalue weighted by Crippen LogP contribution is 2.54. The van der Waals surface area contributed by atoms with Crippen molar-refractivity contribution < 1.29 is 4.42 Å². The molecule has 1 aliphatic rings. The third kappa shape index (κ3) is 4.33. The van der Waals surface area contributed by atoms with Gasteiger partial charge in [0.15, 0.2) is 0 Å². The highest BCUT2D eigenvalue weighted by atomic mass is 16.3. The zero-order valence-corrected chi connectivity index (χ0v) is 29.6. The van der Waals surface area contributed by atoms with Crippen LogP contribution in [0.25, 0.3) is 76.9 Å². The van der Waals surface area contributed by atoms with Crippen LogP contribution in [0, 0.1) is 0 Å². The molecule has 0 fully saturated rings. The molecule has 0 bridgehead atoms. The smallest absolute Gasteiger partial charge is 0.143 e. The van der Waals surface area contributed by atoms with Crippen molar-refractivity contribution in [3.63, 3.8) is 0 Å². The number of furan rings is 1. The molecule has 2 heteroatoms. The van der Waals surface area contributed by atoms with Gasteiger partial charge < -0.3 is 9.32 Å². The molecule has 1 heterocycles. The molecular weight excluding hydrogens is 643 g/mol. The molecule has 1 aromatic heterocycles. The summed E-state index contributed by atoms with van der Waals surface area (Å²) in [7, 11) is 0. The number of benzene rings is 9. The summed E-state index contributed by atoms with van der Waals surface area (Å²) in [6, 6.07) is 64.0. The van der Waals surface area contributed by atoms with Crippen LogP contribution in [-0.4, -0.2) is 0 Å². The molecule has 0 aliphatic heterocycles. The van der Waals surface area contributed by atoms with Crippen LogP contribution < -0.4 is 4.90 Å². The van der Waals surface area contributed by atoms with E-state index in [0.29, 0.717) is 0 Å². The van der Waals surface area contributed by atoms with Gasteiger partial charge >= 0.3 is 0 Å². The van der Waals surface area contributed by atoms with Crippen molar-refractivity contribution in [2.75, 3.05) is 4.90 Å². The summed E-state index contributed by atoms with van der Waals surface area (Å²) in [5, 5.41) is 7.42. The van der Waals surface area contributed by atoms with E-state index in [-0.39, 0.29) is 5.41 Å². The van der Waals surface area contributed by atoms with Crippen LogP contribution in [0.4, 0.5) is 17.1 Å². The minimum absolute atomic E-state index is 0.0955. The van der Waals surface area contributed by atoms with Gasteiger partial charge in [0, 0.05) is 38.7 Å². The van der Waals surface area contributed by atoms with E-state index in [2.05, 4.69) is 195 Å². The molecular formula is C51H35NO. The first-order valence-electron chi connectivity index (χ1n) is 18.4. The van der Waals surface area contributed by atoms with E-state index in [4.69, 9.17) is 4.42 Å². The minimum Gasteiger partial charge on any atom is -0.455 e. The summed E-state index contributed by atoms with van der Waals surface area (Å²) in [4.78, 5) is 2.43. The van der Waals surface area contributed by atoms with Gasteiger partial charge in [-0.2, -0.15) is 0 Å². The minimum atomic E-state index is -0.0955. The lowest BCUT2D eigenvalue weighted by Crippen LogP contribution is -2.16. The number of hydrogen-bond acceptors (Lipinski definition) is 2. The molecule has 0 N–H and O–H groups in total. The molecule has 10 aromatic rings. The number of anilines is 3. The lowest BCUT2D eigenvalue weighted by molar-refractivity contribution is 0.660. The molecule has 2 nitrogen and oxygen atoms in total. The van der Waals surface area contributed by atoms with E-state index in [0.717, 1.165) is 33.7 Å². The van der Waals surface area contributed by atoms with Crippen molar-refractivity contribution in [3.05, 3.63) is 187 Å². The third-order valence-electron chi connectivity index (χ3n) is 11.6. The molecule has 0 saturated heterocycles. The fourth-order valence-corrected chi connectivity index (χ4v) is 9.12. The summed E-state index contributed by atoms with van der Waals surface area (Å²) >= 11 is 0. The fraction of sp³-hybridized carbons (Fsp3) is 0.0588. The second kappa shape index (κ2) is 11.2. The third-order valence-corrected chi connectivity index (χ3v) is 11.6. The van der Waals surface area contributed by atoms with Crippen molar-refractivity contribution in [2.45, 2.75) is 19.3 Å². The van der Waals surface area contributed by atoms with Crippen LogP contribution in [0.15, 0.2) is 180 Å². The average molecular weight is 678 g/mol. The van der Waals surface area contributed by atoms with Crippen LogP contribution in [0.5, 0.6) is 0 Å². The van der Waals surface area contributed by atoms with E-state index in [9.17, 15) is 0 Å². The molecule has 9 aromatic carbocycles. The Bertz CT molecular complexity index is 3000. The Morgan fingerprint density at radius 1 is 0.415 bits per heavy atom. The first-order valence-corrected chi connectivity index (χ1v) is 18.4. The molecule has 0 amide bonds. The van der Waals surface area contributed by atoms with Crippen molar-refractivity contribution in [1.82, 2.24) is 0 Å². The summed E-state index contributed by atoms with van der Waals surface area (Å²) < 4.78 is 6.73. The van der Waals surface area contributed by atoms with Crippen LogP contribution in [-0.2, 0) is 5.41 Å². The lowest BCUT2D eigenvalue weighted by atomic mass is 9.82. The van der Waals surface area contributed by atoms with Gasteiger partial charge in [-0.25, -0.2) is 0 Å². The van der Waals surface area contributed by atoms with Gasteiger partial charge in [0.25, 0.3) is 0 Å². The number of hydrogen-bond donors (Lipinski definition) is 0. The van der Waals surface area contributed by atoms with Gasteiger partial charge in [-0.05, 0) is 97.4 Å². The summed E-state index contributed by atoms with van der Waals surface area (Å²) in [6.45, 7) is 4.69. The van der Waals surface area contributed by atoms with Gasteiger partial charge in [0.05, 0.1) is 5.69 Å². The standard InChI is InChI=1S/C51H35NO/c1-51(2)43-18-9-8-16-42(43)47-44(51)19-11-20-45(47)52(35-26-22-33(23-27-35)32-12-4-3-5-13-32)36-28-24-34(25-29-36)37-30-31-41-39-15-7-6-14-38(39)40-17-10-21-46-48(40)49(41)50(37)53-46/h3-31H,1-2H3. The summed E-state index contributed by atoms with van der Waals surface area (Å²) in [6.07, 6.45) is 0. The predicted octanol–water partition coefficient (Wildman–Crippen LogP) is 14.4. The van der Waals surface area contributed by atoms with Gasteiger partial charge in [-0.3, -0.25) is 0 Å². The number of fused-ring (bicyclic) bond motifs is 6. The Hall–Kier alpha value is -6.64. The molecule has 0 unspecified atom stereocenters. The molecule has 11 rings (SSSR count). The highest BCUT2D eigenvalue weighted by molar-refractivity contribution is 6.34. The molecule has 0 saturated carbocycles.